The normalized spacial score (nSPS) is 9.89. The summed E-state index contributed by atoms with van der Waals surface area (Å²) in [5.74, 6) is -0.00278. The molecule has 0 spiro atoms. The van der Waals surface area contributed by atoms with Gasteiger partial charge in [0.25, 0.3) is 0 Å². The van der Waals surface area contributed by atoms with Crippen LogP contribution >= 0.6 is 0 Å². The summed E-state index contributed by atoms with van der Waals surface area (Å²) in [5.41, 5.74) is 1.38. The maximum atomic E-state index is 11.4. The number of carbonyl (C=O) groups is 1. The first-order chi connectivity index (χ1) is 9.26. The van der Waals surface area contributed by atoms with Crippen LogP contribution in [0.15, 0.2) is 18.3 Å². The van der Waals surface area contributed by atoms with Crippen LogP contribution in [-0.4, -0.2) is 37.7 Å². The maximum Gasteiger partial charge on any atom is 0.221 e. The van der Waals surface area contributed by atoms with Crippen molar-refractivity contribution in [1.82, 2.24) is 15.6 Å². The number of hydrogen-bond acceptors (Lipinski definition) is 5. The summed E-state index contributed by atoms with van der Waals surface area (Å²) in [4.78, 5) is 15.3. The van der Waals surface area contributed by atoms with E-state index in [1.165, 1.54) is 0 Å². The standard InChI is InChI=1S/C13H18N4O2/c1-19-7-6-17-13(18)3-4-15-10-11-2-5-16-12(8-11)9-14/h2,5,8,15H,3-4,6-7,10H2,1H3,(H,17,18). The van der Waals surface area contributed by atoms with Crippen LogP contribution < -0.4 is 10.6 Å². The second-order valence-corrected chi connectivity index (χ2v) is 3.93. The fourth-order valence-electron chi connectivity index (χ4n) is 1.46. The van der Waals surface area contributed by atoms with Gasteiger partial charge < -0.3 is 15.4 Å². The summed E-state index contributed by atoms with van der Waals surface area (Å²) >= 11 is 0. The first kappa shape index (κ1) is 15.1. The van der Waals surface area contributed by atoms with Gasteiger partial charge in [0.05, 0.1) is 6.61 Å². The molecule has 0 saturated heterocycles. The zero-order valence-corrected chi connectivity index (χ0v) is 11.0. The zero-order chi connectivity index (χ0) is 13.9. The Hall–Kier alpha value is -1.97. The van der Waals surface area contributed by atoms with Crippen LogP contribution in [0.5, 0.6) is 0 Å². The van der Waals surface area contributed by atoms with Crippen molar-refractivity contribution in [3.63, 3.8) is 0 Å². The lowest BCUT2D eigenvalue weighted by atomic mass is 10.2. The molecule has 0 fully saturated rings. The highest BCUT2D eigenvalue weighted by molar-refractivity contribution is 5.76. The second-order valence-electron chi connectivity index (χ2n) is 3.93. The Morgan fingerprint density at radius 2 is 2.37 bits per heavy atom. The Morgan fingerprint density at radius 1 is 1.53 bits per heavy atom. The first-order valence-corrected chi connectivity index (χ1v) is 6.07. The van der Waals surface area contributed by atoms with Crippen molar-refractivity contribution >= 4 is 5.91 Å². The van der Waals surface area contributed by atoms with Crippen LogP contribution in [0.2, 0.25) is 0 Å². The minimum atomic E-state index is -0.00278. The predicted molar refractivity (Wildman–Crippen MR) is 70.2 cm³/mol. The molecule has 1 amide bonds. The third-order valence-corrected chi connectivity index (χ3v) is 2.43. The van der Waals surface area contributed by atoms with Crippen LogP contribution in [0.3, 0.4) is 0 Å². The molecular formula is C13H18N4O2. The van der Waals surface area contributed by atoms with Gasteiger partial charge in [-0.15, -0.1) is 0 Å². The summed E-state index contributed by atoms with van der Waals surface area (Å²) < 4.78 is 4.83. The van der Waals surface area contributed by atoms with E-state index in [-0.39, 0.29) is 5.91 Å². The van der Waals surface area contributed by atoms with E-state index in [2.05, 4.69) is 15.6 Å². The van der Waals surface area contributed by atoms with Gasteiger partial charge in [-0.2, -0.15) is 5.26 Å². The average Bonchev–Trinajstić information content (AvgIpc) is 2.44. The zero-order valence-electron chi connectivity index (χ0n) is 11.0. The van der Waals surface area contributed by atoms with Crippen LogP contribution in [0.4, 0.5) is 0 Å². The van der Waals surface area contributed by atoms with Crippen LogP contribution in [-0.2, 0) is 16.1 Å². The van der Waals surface area contributed by atoms with Gasteiger partial charge in [0, 0.05) is 39.4 Å². The highest BCUT2D eigenvalue weighted by atomic mass is 16.5. The molecule has 0 aliphatic carbocycles. The fourth-order valence-corrected chi connectivity index (χ4v) is 1.46. The molecule has 6 heteroatoms. The summed E-state index contributed by atoms with van der Waals surface area (Å²) in [6, 6.07) is 5.56. The molecule has 0 aliphatic rings. The molecule has 0 saturated carbocycles. The summed E-state index contributed by atoms with van der Waals surface area (Å²) in [7, 11) is 1.60. The molecule has 0 unspecified atom stereocenters. The monoisotopic (exact) mass is 262 g/mol. The van der Waals surface area contributed by atoms with Crippen molar-refractivity contribution in [2.24, 2.45) is 0 Å². The lowest BCUT2D eigenvalue weighted by Crippen LogP contribution is -2.29. The van der Waals surface area contributed by atoms with Gasteiger partial charge in [-0.1, -0.05) is 0 Å². The number of carbonyl (C=O) groups excluding carboxylic acids is 1. The van der Waals surface area contributed by atoms with Crippen molar-refractivity contribution in [3.05, 3.63) is 29.6 Å². The Balaban J connectivity index is 2.16. The molecule has 6 nitrogen and oxygen atoms in total. The van der Waals surface area contributed by atoms with E-state index >= 15 is 0 Å². The number of amides is 1. The molecule has 2 N–H and O–H groups in total. The third-order valence-electron chi connectivity index (χ3n) is 2.43. The quantitative estimate of drug-likeness (QED) is 0.653. The summed E-state index contributed by atoms with van der Waals surface area (Å²) in [6.07, 6.45) is 2.02. The van der Waals surface area contributed by atoms with Crippen LogP contribution in [0.1, 0.15) is 17.7 Å². The molecule has 0 aliphatic heterocycles. The Labute approximate surface area is 112 Å². The SMILES string of the molecule is COCCNC(=O)CCNCc1ccnc(C#N)c1. The smallest absolute Gasteiger partial charge is 0.221 e. The minimum absolute atomic E-state index is 0.00278. The Bertz CT molecular complexity index is 443. The highest BCUT2D eigenvalue weighted by Crippen LogP contribution is 2.00. The number of methoxy groups -OCH3 is 1. The number of rotatable bonds is 8. The molecule has 1 heterocycles. The number of nitrogens with one attached hydrogen (secondary N) is 2. The Morgan fingerprint density at radius 3 is 3.11 bits per heavy atom. The molecule has 0 radical (unpaired) electrons. The molecular weight excluding hydrogens is 244 g/mol. The van der Waals surface area contributed by atoms with Gasteiger partial charge in [-0.05, 0) is 17.7 Å². The van der Waals surface area contributed by atoms with Gasteiger partial charge in [0.15, 0.2) is 0 Å². The summed E-state index contributed by atoms with van der Waals surface area (Å²) in [5, 5.41) is 14.6. The fraction of sp³-hybridized carbons (Fsp3) is 0.462. The van der Waals surface area contributed by atoms with Crippen molar-refractivity contribution in [2.75, 3.05) is 26.8 Å². The average molecular weight is 262 g/mol. The van der Waals surface area contributed by atoms with E-state index in [1.54, 1.807) is 19.4 Å². The van der Waals surface area contributed by atoms with Gasteiger partial charge in [0.2, 0.25) is 5.91 Å². The van der Waals surface area contributed by atoms with Gasteiger partial charge in [-0.3, -0.25) is 4.79 Å². The number of hydrogen-bond donors (Lipinski definition) is 2. The van der Waals surface area contributed by atoms with E-state index in [9.17, 15) is 4.79 Å². The largest absolute Gasteiger partial charge is 0.383 e. The van der Waals surface area contributed by atoms with E-state index in [0.717, 1.165) is 5.56 Å². The predicted octanol–water partition coefficient (Wildman–Crippen LogP) is 0.196. The molecule has 0 bridgehead atoms. The molecule has 1 aromatic heterocycles. The van der Waals surface area contributed by atoms with E-state index < -0.39 is 0 Å². The van der Waals surface area contributed by atoms with E-state index in [1.807, 2.05) is 12.1 Å². The third kappa shape index (κ3) is 6.50. The van der Waals surface area contributed by atoms with Gasteiger partial charge >= 0.3 is 0 Å². The van der Waals surface area contributed by atoms with Crippen LogP contribution in [0.25, 0.3) is 0 Å². The molecule has 102 valence electrons. The number of ether oxygens (including phenoxy) is 1. The van der Waals surface area contributed by atoms with E-state index in [0.29, 0.717) is 38.4 Å². The maximum absolute atomic E-state index is 11.4. The van der Waals surface area contributed by atoms with Gasteiger partial charge in [-0.25, -0.2) is 4.98 Å². The van der Waals surface area contributed by atoms with Crippen molar-refractivity contribution in [2.45, 2.75) is 13.0 Å². The topological polar surface area (TPSA) is 87.0 Å². The number of nitriles is 1. The van der Waals surface area contributed by atoms with Crippen molar-refractivity contribution in [3.8, 4) is 6.07 Å². The summed E-state index contributed by atoms with van der Waals surface area (Å²) in [6.45, 7) is 2.25. The highest BCUT2D eigenvalue weighted by Gasteiger charge is 2.00. The second kappa shape index (κ2) is 9.03. The molecule has 19 heavy (non-hydrogen) atoms. The molecule has 1 rings (SSSR count). The molecule has 0 atom stereocenters. The Kier molecular flexibility index (Phi) is 7.17. The number of aromatic nitrogens is 1. The number of pyridine rings is 1. The van der Waals surface area contributed by atoms with Crippen molar-refractivity contribution < 1.29 is 9.53 Å². The van der Waals surface area contributed by atoms with Crippen LogP contribution in [0, 0.1) is 11.3 Å². The lowest BCUT2D eigenvalue weighted by molar-refractivity contribution is -0.121. The van der Waals surface area contributed by atoms with Crippen molar-refractivity contribution in [1.29, 1.82) is 5.26 Å². The molecule has 1 aromatic rings. The first-order valence-electron chi connectivity index (χ1n) is 6.07. The number of nitrogens with zero attached hydrogens (tertiary/aromatic N) is 2. The minimum Gasteiger partial charge on any atom is -0.383 e. The van der Waals surface area contributed by atoms with E-state index in [4.69, 9.17) is 10.00 Å². The molecule has 0 aromatic carbocycles. The van der Waals surface area contributed by atoms with Gasteiger partial charge in [0.1, 0.15) is 11.8 Å². The lowest BCUT2D eigenvalue weighted by Gasteiger charge is -2.06.